The molecule has 0 heterocycles. The lowest BCUT2D eigenvalue weighted by molar-refractivity contribution is 0.0734. The van der Waals surface area contributed by atoms with Crippen LogP contribution in [-0.4, -0.2) is 25.5 Å². The molecule has 0 aliphatic heterocycles. The van der Waals surface area contributed by atoms with Gasteiger partial charge in [-0.3, -0.25) is 4.55 Å². The molecule has 0 bridgehead atoms. The van der Waals surface area contributed by atoms with E-state index in [-0.39, 0.29) is 10.6 Å². The van der Waals surface area contributed by atoms with Crippen LogP contribution in [0.15, 0.2) is 53.4 Å². The molecular formula is C19H22O6S. The molecule has 7 heteroatoms. The third kappa shape index (κ3) is 6.16. The minimum absolute atomic E-state index is 0.179. The molecule has 6 nitrogen and oxygen atoms in total. The fraction of sp³-hybridized carbons (Fsp3) is 0.316. The lowest BCUT2D eigenvalue weighted by Crippen LogP contribution is -2.08. The van der Waals surface area contributed by atoms with Gasteiger partial charge in [-0.05, 0) is 55.0 Å². The summed E-state index contributed by atoms with van der Waals surface area (Å²) in [4.78, 5) is 11.8. The van der Waals surface area contributed by atoms with Crippen LogP contribution in [0.3, 0.4) is 0 Å². The molecular weight excluding hydrogens is 356 g/mol. The number of rotatable bonds is 9. The molecule has 0 unspecified atom stereocenters. The van der Waals surface area contributed by atoms with Gasteiger partial charge in [0.2, 0.25) is 0 Å². The Kier molecular flexibility index (Phi) is 7.17. The molecule has 0 radical (unpaired) electrons. The third-order valence-corrected chi connectivity index (χ3v) is 4.56. The van der Waals surface area contributed by atoms with Crippen LogP contribution in [0.5, 0.6) is 11.5 Å². The van der Waals surface area contributed by atoms with E-state index in [9.17, 15) is 13.2 Å². The zero-order chi connectivity index (χ0) is 19.0. The van der Waals surface area contributed by atoms with Gasteiger partial charge in [0.05, 0.1) is 17.1 Å². The van der Waals surface area contributed by atoms with Gasteiger partial charge >= 0.3 is 5.97 Å². The number of carbonyl (C=O) groups is 1. The van der Waals surface area contributed by atoms with Crippen LogP contribution in [0.2, 0.25) is 0 Å². The SMILES string of the molecule is CCCCCCOc1ccc(C(=O)Oc2ccc(S(=O)(=O)O)cc2)cc1. The van der Waals surface area contributed by atoms with Gasteiger partial charge in [-0.1, -0.05) is 26.2 Å². The normalized spacial score (nSPS) is 11.2. The highest BCUT2D eigenvalue weighted by Crippen LogP contribution is 2.18. The maximum absolute atomic E-state index is 12.1. The number of esters is 1. The van der Waals surface area contributed by atoms with Crippen LogP contribution in [0, 0.1) is 0 Å². The van der Waals surface area contributed by atoms with Crippen molar-refractivity contribution >= 4 is 16.1 Å². The molecule has 0 saturated heterocycles. The fourth-order valence-corrected chi connectivity index (χ4v) is 2.73. The first kappa shape index (κ1) is 19.9. The van der Waals surface area contributed by atoms with Crippen LogP contribution in [0.4, 0.5) is 0 Å². The second-order valence-electron chi connectivity index (χ2n) is 5.77. The zero-order valence-electron chi connectivity index (χ0n) is 14.6. The highest BCUT2D eigenvalue weighted by atomic mass is 32.2. The van der Waals surface area contributed by atoms with Gasteiger partial charge in [-0.25, -0.2) is 4.79 Å². The minimum Gasteiger partial charge on any atom is -0.494 e. The first-order valence-corrected chi connectivity index (χ1v) is 9.87. The number of ether oxygens (including phenoxy) is 2. The third-order valence-electron chi connectivity index (χ3n) is 3.69. The molecule has 0 saturated carbocycles. The van der Waals surface area contributed by atoms with Gasteiger partial charge in [0, 0.05) is 0 Å². The van der Waals surface area contributed by atoms with Crippen LogP contribution >= 0.6 is 0 Å². The van der Waals surface area contributed by atoms with E-state index in [1.807, 2.05) is 0 Å². The van der Waals surface area contributed by atoms with Gasteiger partial charge in [0.15, 0.2) is 0 Å². The molecule has 0 fully saturated rings. The number of unbranched alkanes of at least 4 members (excludes halogenated alkanes) is 3. The summed E-state index contributed by atoms with van der Waals surface area (Å²) in [7, 11) is -4.27. The molecule has 2 aromatic carbocycles. The summed E-state index contributed by atoms with van der Waals surface area (Å²) in [5.41, 5.74) is 0.349. The van der Waals surface area contributed by atoms with Crippen molar-refractivity contribution in [3.8, 4) is 11.5 Å². The van der Waals surface area contributed by atoms with Crippen molar-refractivity contribution in [2.75, 3.05) is 6.61 Å². The van der Waals surface area contributed by atoms with Crippen molar-refractivity contribution in [1.29, 1.82) is 0 Å². The second-order valence-corrected chi connectivity index (χ2v) is 7.19. The maximum Gasteiger partial charge on any atom is 0.343 e. The Balaban J connectivity index is 1.89. The summed E-state index contributed by atoms with van der Waals surface area (Å²) >= 11 is 0. The van der Waals surface area contributed by atoms with Gasteiger partial charge in [0.1, 0.15) is 11.5 Å². The first-order valence-electron chi connectivity index (χ1n) is 8.43. The highest BCUT2D eigenvalue weighted by Gasteiger charge is 2.12. The molecule has 2 rings (SSSR count). The van der Waals surface area contributed by atoms with Gasteiger partial charge in [0.25, 0.3) is 10.1 Å². The van der Waals surface area contributed by atoms with Crippen molar-refractivity contribution in [3.63, 3.8) is 0 Å². The lowest BCUT2D eigenvalue weighted by atomic mass is 10.2. The van der Waals surface area contributed by atoms with Crippen molar-refractivity contribution in [3.05, 3.63) is 54.1 Å². The van der Waals surface area contributed by atoms with E-state index < -0.39 is 16.1 Å². The van der Waals surface area contributed by atoms with Crippen molar-refractivity contribution < 1.29 is 27.2 Å². The predicted molar refractivity (Wildman–Crippen MR) is 97.3 cm³/mol. The number of benzene rings is 2. The molecule has 26 heavy (non-hydrogen) atoms. The topological polar surface area (TPSA) is 89.9 Å². The Morgan fingerprint density at radius 1 is 0.923 bits per heavy atom. The number of hydrogen-bond donors (Lipinski definition) is 1. The molecule has 0 spiro atoms. The monoisotopic (exact) mass is 378 g/mol. The average molecular weight is 378 g/mol. The molecule has 0 amide bonds. The van der Waals surface area contributed by atoms with Crippen molar-refractivity contribution in [2.45, 2.75) is 37.5 Å². The molecule has 2 aromatic rings. The van der Waals surface area contributed by atoms with Crippen molar-refractivity contribution in [2.24, 2.45) is 0 Å². The van der Waals surface area contributed by atoms with Crippen LogP contribution < -0.4 is 9.47 Å². The molecule has 0 aliphatic carbocycles. The molecule has 1 N–H and O–H groups in total. The fourth-order valence-electron chi connectivity index (χ4n) is 2.25. The van der Waals surface area contributed by atoms with Gasteiger partial charge in [-0.2, -0.15) is 8.42 Å². The van der Waals surface area contributed by atoms with Crippen LogP contribution in [-0.2, 0) is 10.1 Å². The van der Waals surface area contributed by atoms with E-state index in [0.29, 0.717) is 17.9 Å². The summed E-state index contributed by atoms with van der Waals surface area (Å²) in [6.45, 7) is 2.80. The maximum atomic E-state index is 12.1. The standard InChI is InChI=1S/C19H22O6S/c1-2-3-4-5-14-24-16-8-6-15(7-9-16)19(20)25-17-10-12-18(13-11-17)26(21,22)23/h6-13H,2-5,14H2,1H3,(H,21,22,23). The van der Waals surface area contributed by atoms with Gasteiger partial charge < -0.3 is 9.47 Å². The van der Waals surface area contributed by atoms with Crippen LogP contribution in [0.1, 0.15) is 43.0 Å². The second kappa shape index (κ2) is 9.35. The van der Waals surface area contributed by atoms with Crippen molar-refractivity contribution in [1.82, 2.24) is 0 Å². The van der Waals surface area contributed by atoms with E-state index in [2.05, 4.69) is 6.92 Å². The summed E-state index contributed by atoms with van der Waals surface area (Å²) in [5.74, 6) is 0.299. The summed E-state index contributed by atoms with van der Waals surface area (Å²) in [6.07, 6.45) is 4.50. The van der Waals surface area contributed by atoms with E-state index in [1.54, 1.807) is 24.3 Å². The Morgan fingerprint density at radius 2 is 1.54 bits per heavy atom. The minimum atomic E-state index is -4.27. The quantitative estimate of drug-likeness (QED) is 0.306. The lowest BCUT2D eigenvalue weighted by Gasteiger charge is -2.08. The number of carbonyl (C=O) groups excluding carboxylic acids is 1. The first-order chi connectivity index (χ1) is 12.4. The summed E-state index contributed by atoms with van der Waals surface area (Å²) < 4.78 is 41.7. The zero-order valence-corrected chi connectivity index (χ0v) is 15.4. The van der Waals surface area contributed by atoms with Gasteiger partial charge in [-0.15, -0.1) is 0 Å². The Labute approximate surface area is 153 Å². The summed E-state index contributed by atoms with van der Waals surface area (Å²) in [5, 5.41) is 0. The molecule has 140 valence electrons. The Hall–Kier alpha value is -2.38. The molecule has 0 atom stereocenters. The van der Waals surface area contributed by atoms with E-state index >= 15 is 0 Å². The highest BCUT2D eigenvalue weighted by molar-refractivity contribution is 7.85. The predicted octanol–water partition coefficient (Wildman–Crippen LogP) is 4.11. The molecule has 0 aromatic heterocycles. The Bertz CT molecular complexity index is 810. The van der Waals surface area contributed by atoms with E-state index in [1.165, 1.54) is 25.0 Å². The number of hydrogen-bond acceptors (Lipinski definition) is 5. The van der Waals surface area contributed by atoms with E-state index in [0.717, 1.165) is 25.0 Å². The van der Waals surface area contributed by atoms with Crippen LogP contribution in [0.25, 0.3) is 0 Å². The average Bonchev–Trinajstić information content (AvgIpc) is 2.62. The summed E-state index contributed by atoms with van der Waals surface area (Å²) in [6, 6.07) is 11.5. The largest absolute Gasteiger partial charge is 0.494 e. The van der Waals surface area contributed by atoms with E-state index in [4.69, 9.17) is 14.0 Å². The molecule has 0 aliphatic rings. The smallest absolute Gasteiger partial charge is 0.343 e. The Morgan fingerprint density at radius 3 is 2.12 bits per heavy atom.